The van der Waals surface area contributed by atoms with E-state index in [1.807, 2.05) is 0 Å². The molecular formula is C5H8I2O. The van der Waals surface area contributed by atoms with Crippen LogP contribution in [0.4, 0.5) is 0 Å². The van der Waals surface area contributed by atoms with Crippen LogP contribution in [0, 0.1) is 0 Å². The van der Waals surface area contributed by atoms with Gasteiger partial charge in [-0.2, -0.15) is 0 Å². The largest absolute Gasteiger partial charge is 0.379 e. The van der Waals surface area contributed by atoms with Gasteiger partial charge in [0.2, 0.25) is 0 Å². The second-order valence-electron chi connectivity index (χ2n) is 2.01. The van der Waals surface area contributed by atoms with E-state index in [-0.39, 0.29) is 0 Å². The highest BCUT2D eigenvalue weighted by Crippen LogP contribution is 2.35. The van der Waals surface area contributed by atoms with Gasteiger partial charge < -0.3 is 4.74 Å². The molecule has 0 bridgehead atoms. The first-order valence-electron chi connectivity index (χ1n) is 2.66. The van der Waals surface area contributed by atoms with Crippen molar-refractivity contribution in [2.75, 3.05) is 13.2 Å². The SMILES string of the molecule is IC1(I)CCCOC1. The molecule has 0 saturated carbocycles. The van der Waals surface area contributed by atoms with Crippen LogP contribution in [0.3, 0.4) is 0 Å². The summed E-state index contributed by atoms with van der Waals surface area (Å²) in [6, 6.07) is 0. The molecule has 0 aliphatic carbocycles. The Morgan fingerprint density at radius 3 is 2.38 bits per heavy atom. The summed E-state index contributed by atoms with van der Waals surface area (Å²) in [6.45, 7) is 1.89. The summed E-state index contributed by atoms with van der Waals surface area (Å²) in [6.07, 6.45) is 2.53. The predicted molar refractivity (Wildman–Crippen MR) is 50.8 cm³/mol. The highest BCUT2D eigenvalue weighted by Gasteiger charge is 2.25. The number of hydrogen-bond donors (Lipinski definition) is 0. The minimum atomic E-state index is 0.397. The predicted octanol–water partition coefficient (Wildman–Crippen LogP) is 2.36. The van der Waals surface area contributed by atoms with Crippen LogP contribution in [-0.4, -0.2) is 14.6 Å². The van der Waals surface area contributed by atoms with Crippen molar-refractivity contribution in [3.05, 3.63) is 0 Å². The van der Waals surface area contributed by atoms with E-state index < -0.39 is 0 Å². The van der Waals surface area contributed by atoms with Gasteiger partial charge in [0.25, 0.3) is 0 Å². The first kappa shape index (κ1) is 7.53. The number of alkyl halides is 2. The van der Waals surface area contributed by atoms with Crippen LogP contribution in [0.15, 0.2) is 0 Å². The van der Waals surface area contributed by atoms with Gasteiger partial charge in [-0.3, -0.25) is 0 Å². The molecule has 0 aromatic heterocycles. The second-order valence-corrected chi connectivity index (χ2v) is 8.21. The third-order valence-corrected chi connectivity index (χ3v) is 2.85. The average molecular weight is 338 g/mol. The van der Waals surface area contributed by atoms with Gasteiger partial charge >= 0.3 is 0 Å². The highest BCUT2D eigenvalue weighted by atomic mass is 127. The number of hydrogen-bond acceptors (Lipinski definition) is 1. The van der Waals surface area contributed by atoms with Gasteiger partial charge in [0.05, 0.1) is 8.04 Å². The van der Waals surface area contributed by atoms with E-state index in [0.717, 1.165) is 13.2 Å². The van der Waals surface area contributed by atoms with Gasteiger partial charge in [-0.25, -0.2) is 0 Å². The number of halogens is 2. The summed E-state index contributed by atoms with van der Waals surface area (Å²) in [4.78, 5) is 0. The molecular weight excluding hydrogens is 330 g/mol. The molecule has 0 aromatic carbocycles. The summed E-state index contributed by atoms with van der Waals surface area (Å²) in [5.74, 6) is 0. The maximum absolute atomic E-state index is 5.27. The van der Waals surface area contributed by atoms with Gasteiger partial charge in [0.15, 0.2) is 0 Å². The van der Waals surface area contributed by atoms with Crippen molar-refractivity contribution in [1.82, 2.24) is 0 Å². The summed E-state index contributed by atoms with van der Waals surface area (Å²) >= 11 is 4.91. The summed E-state index contributed by atoms with van der Waals surface area (Å²) in [5.41, 5.74) is 0. The molecule has 0 spiro atoms. The van der Waals surface area contributed by atoms with E-state index >= 15 is 0 Å². The van der Waals surface area contributed by atoms with Gasteiger partial charge in [-0.15, -0.1) is 0 Å². The zero-order valence-corrected chi connectivity index (χ0v) is 8.81. The fourth-order valence-corrected chi connectivity index (χ4v) is 1.93. The van der Waals surface area contributed by atoms with E-state index in [0.29, 0.717) is 1.43 Å². The monoisotopic (exact) mass is 338 g/mol. The fraction of sp³-hybridized carbons (Fsp3) is 1.00. The fourth-order valence-electron chi connectivity index (χ4n) is 0.727. The molecule has 1 fully saturated rings. The van der Waals surface area contributed by atoms with Crippen molar-refractivity contribution in [2.24, 2.45) is 0 Å². The maximum atomic E-state index is 5.27. The molecule has 0 N–H and O–H groups in total. The van der Waals surface area contributed by atoms with E-state index in [9.17, 15) is 0 Å². The first-order chi connectivity index (χ1) is 3.71. The molecule has 1 saturated heterocycles. The van der Waals surface area contributed by atoms with Crippen LogP contribution in [0.5, 0.6) is 0 Å². The number of ether oxygens (including phenoxy) is 1. The Hall–Kier alpha value is 1.42. The molecule has 1 aliphatic rings. The molecule has 1 aliphatic heterocycles. The molecule has 0 radical (unpaired) electrons. The lowest BCUT2D eigenvalue weighted by Gasteiger charge is -2.24. The molecule has 0 amide bonds. The maximum Gasteiger partial charge on any atom is 0.0967 e. The first-order valence-corrected chi connectivity index (χ1v) is 4.82. The van der Waals surface area contributed by atoms with Crippen molar-refractivity contribution in [2.45, 2.75) is 14.3 Å². The van der Waals surface area contributed by atoms with Gasteiger partial charge in [-0.05, 0) is 12.8 Å². The Morgan fingerprint density at radius 2 is 2.12 bits per heavy atom. The molecule has 1 nitrogen and oxygen atoms in total. The Bertz CT molecular complexity index is 74.5. The molecule has 48 valence electrons. The highest BCUT2D eigenvalue weighted by molar-refractivity contribution is 14.2. The van der Waals surface area contributed by atoms with E-state index in [4.69, 9.17) is 4.74 Å². The van der Waals surface area contributed by atoms with Gasteiger partial charge in [0.1, 0.15) is 0 Å². The van der Waals surface area contributed by atoms with Gasteiger partial charge in [0, 0.05) is 6.61 Å². The van der Waals surface area contributed by atoms with Crippen LogP contribution in [-0.2, 0) is 4.74 Å². The Kier molecular flexibility index (Phi) is 2.83. The molecule has 1 rings (SSSR count). The Labute approximate surface area is 76.8 Å². The Balaban J connectivity index is 2.33. The summed E-state index contributed by atoms with van der Waals surface area (Å²) in [5, 5.41) is 0. The summed E-state index contributed by atoms with van der Waals surface area (Å²) < 4.78 is 5.67. The number of rotatable bonds is 0. The topological polar surface area (TPSA) is 9.23 Å². The molecule has 0 unspecified atom stereocenters. The van der Waals surface area contributed by atoms with Gasteiger partial charge in [-0.1, -0.05) is 45.2 Å². The van der Waals surface area contributed by atoms with Crippen LogP contribution in [0.25, 0.3) is 0 Å². The lowest BCUT2D eigenvalue weighted by molar-refractivity contribution is 0.101. The van der Waals surface area contributed by atoms with Crippen molar-refractivity contribution >= 4 is 45.2 Å². The van der Waals surface area contributed by atoms with E-state index in [2.05, 4.69) is 45.2 Å². The third kappa shape index (κ3) is 2.34. The van der Waals surface area contributed by atoms with Crippen molar-refractivity contribution in [3.63, 3.8) is 0 Å². The van der Waals surface area contributed by atoms with Crippen LogP contribution >= 0.6 is 45.2 Å². The molecule has 0 atom stereocenters. The standard InChI is InChI=1S/C5H8I2O/c6-5(7)2-1-3-8-4-5/h1-4H2. The lowest BCUT2D eigenvalue weighted by atomic mass is 10.2. The smallest absolute Gasteiger partial charge is 0.0967 e. The molecule has 0 aromatic rings. The average Bonchev–Trinajstić information content (AvgIpc) is 1.65. The minimum Gasteiger partial charge on any atom is -0.379 e. The Morgan fingerprint density at radius 1 is 1.38 bits per heavy atom. The lowest BCUT2D eigenvalue weighted by Crippen LogP contribution is -2.25. The third-order valence-electron chi connectivity index (χ3n) is 1.14. The van der Waals surface area contributed by atoms with Crippen molar-refractivity contribution in [3.8, 4) is 0 Å². The van der Waals surface area contributed by atoms with Crippen molar-refractivity contribution in [1.29, 1.82) is 0 Å². The minimum absolute atomic E-state index is 0.397. The quantitative estimate of drug-likeness (QED) is 0.487. The summed E-state index contributed by atoms with van der Waals surface area (Å²) in [7, 11) is 0. The van der Waals surface area contributed by atoms with Crippen molar-refractivity contribution < 1.29 is 4.74 Å². The van der Waals surface area contributed by atoms with Crippen LogP contribution in [0.2, 0.25) is 0 Å². The van der Waals surface area contributed by atoms with E-state index in [1.165, 1.54) is 12.8 Å². The normalized spacial score (nSPS) is 27.8. The second kappa shape index (κ2) is 3.01. The zero-order valence-electron chi connectivity index (χ0n) is 4.49. The van der Waals surface area contributed by atoms with Crippen LogP contribution < -0.4 is 0 Å². The molecule has 8 heavy (non-hydrogen) atoms. The zero-order chi connectivity index (χ0) is 6.04. The van der Waals surface area contributed by atoms with Crippen LogP contribution in [0.1, 0.15) is 12.8 Å². The van der Waals surface area contributed by atoms with E-state index in [1.54, 1.807) is 0 Å². The molecule has 1 heterocycles. The molecule has 3 heteroatoms.